The van der Waals surface area contributed by atoms with Crippen molar-refractivity contribution >= 4 is 27.2 Å². The van der Waals surface area contributed by atoms with E-state index in [4.69, 9.17) is 15.0 Å². The minimum absolute atomic E-state index is 0.247. The standard InChI is InChI=1S/C13H13N3O4S/c1-20-13-7-9(14)5-6-12(13)16-15-10-3-2-4-11(8-10)21(17,18)19/h2-8H,14H2,1H3,(H,17,18,19). The highest BCUT2D eigenvalue weighted by molar-refractivity contribution is 7.85. The monoisotopic (exact) mass is 307 g/mol. The second kappa shape index (κ2) is 5.90. The van der Waals surface area contributed by atoms with Gasteiger partial charge in [0.05, 0.1) is 17.7 Å². The van der Waals surface area contributed by atoms with Gasteiger partial charge in [-0.3, -0.25) is 4.55 Å². The van der Waals surface area contributed by atoms with Gasteiger partial charge in [-0.25, -0.2) is 0 Å². The molecule has 2 rings (SSSR count). The van der Waals surface area contributed by atoms with Gasteiger partial charge in [-0.1, -0.05) is 6.07 Å². The zero-order valence-corrected chi connectivity index (χ0v) is 11.9. The first-order valence-electron chi connectivity index (χ1n) is 5.83. The van der Waals surface area contributed by atoms with Gasteiger partial charge < -0.3 is 10.5 Å². The summed E-state index contributed by atoms with van der Waals surface area (Å²) in [6.45, 7) is 0. The molecule has 0 aromatic heterocycles. The minimum atomic E-state index is -4.27. The molecule has 0 fully saturated rings. The fourth-order valence-corrected chi connectivity index (χ4v) is 2.11. The summed E-state index contributed by atoms with van der Waals surface area (Å²) in [7, 11) is -2.79. The number of hydrogen-bond acceptors (Lipinski definition) is 6. The van der Waals surface area contributed by atoms with Crippen LogP contribution in [-0.2, 0) is 10.1 Å². The predicted octanol–water partition coefficient (Wildman–Crippen LogP) is 2.94. The Morgan fingerprint density at radius 2 is 1.90 bits per heavy atom. The molecular weight excluding hydrogens is 294 g/mol. The molecule has 0 aliphatic rings. The van der Waals surface area contributed by atoms with Crippen molar-refractivity contribution in [2.45, 2.75) is 4.90 Å². The molecule has 8 heteroatoms. The van der Waals surface area contributed by atoms with Crippen LogP contribution in [0.25, 0.3) is 0 Å². The summed E-state index contributed by atoms with van der Waals surface area (Å²) in [5, 5.41) is 7.90. The lowest BCUT2D eigenvalue weighted by Gasteiger charge is -2.04. The molecule has 0 aliphatic carbocycles. The van der Waals surface area contributed by atoms with Gasteiger partial charge in [0.2, 0.25) is 0 Å². The Labute approximate surface area is 121 Å². The van der Waals surface area contributed by atoms with Crippen molar-refractivity contribution in [1.29, 1.82) is 0 Å². The number of azo groups is 1. The van der Waals surface area contributed by atoms with E-state index in [2.05, 4.69) is 10.2 Å². The highest BCUT2D eigenvalue weighted by Gasteiger charge is 2.09. The molecule has 7 nitrogen and oxygen atoms in total. The van der Waals surface area contributed by atoms with Crippen LogP contribution < -0.4 is 10.5 Å². The van der Waals surface area contributed by atoms with Crippen molar-refractivity contribution in [1.82, 2.24) is 0 Å². The first-order chi connectivity index (χ1) is 9.90. The summed E-state index contributed by atoms with van der Waals surface area (Å²) >= 11 is 0. The number of benzene rings is 2. The number of ether oxygens (including phenoxy) is 1. The third-order valence-electron chi connectivity index (χ3n) is 2.59. The molecule has 0 unspecified atom stereocenters. The zero-order chi connectivity index (χ0) is 15.5. The van der Waals surface area contributed by atoms with Gasteiger partial charge in [0.15, 0.2) is 0 Å². The average Bonchev–Trinajstić information content (AvgIpc) is 2.45. The summed E-state index contributed by atoms with van der Waals surface area (Å²) in [4.78, 5) is -0.247. The van der Waals surface area contributed by atoms with E-state index < -0.39 is 10.1 Å². The lowest BCUT2D eigenvalue weighted by atomic mass is 10.2. The van der Waals surface area contributed by atoms with Gasteiger partial charge in [-0.2, -0.15) is 13.5 Å². The molecule has 2 aromatic carbocycles. The Morgan fingerprint density at radius 1 is 1.14 bits per heavy atom. The molecule has 2 aromatic rings. The Morgan fingerprint density at radius 3 is 2.57 bits per heavy atom. The minimum Gasteiger partial charge on any atom is -0.494 e. The van der Waals surface area contributed by atoms with E-state index in [-0.39, 0.29) is 10.6 Å². The van der Waals surface area contributed by atoms with Crippen molar-refractivity contribution in [2.24, 2.45) is 10.2 Å². The lowest BCUT2D eigenvalue weighted by molar-refractivity contribution is 0.416. The van der Waals surface area contributed by atoms with E-state index in [0.717, 1.165) is 0 Å². The summed E-state index contributed by atoms with van der Waals surface area (Å²) in [6, 6.07) is 10.4. The zero-order valence-electron chi connectivity index (χ0n) is 11.1. The second-order valence-electron chi connectivity index (χ2n) is 4.10. The summed E-state index contributed by atoms with van der Waals surface area (Å²) in [6.07, 6.45) is 0. The molecule has 0 heterocycles. The third-order valence-corrected chi connectivity index (χ3v) is 3.44. The van der Waals surface area contributed by atoms with Gasteiger partial charge >= 0.3 is 0 Å². The SMILES string of the molecule is COc1cc(N)ccc1N=Nc1cccc(S(=O)(=O)O)c1. The molecular formula is C13H13N3O4S. The van der Waals surface area contributed by atoms with E-state index in [1.807, 2.05) is 0 Å². The summed E-state index contributed by atoms with van der Waals surface area (Å²) < 4.78 is 36.2. The second-order valence-corrected chi connectivity index (χ2v) is 5.53. The smallest absolute Gasteiger partial charge is 0.294 e. The molecule has 0 atom stereocenters. The quantitative estimate of drug-likeness (QED) is 0.512. The van der Waals surface area contributed by atoms with Crippen molar-refractivity contribution in [3.8, 4) is 5.75 Å². The van der Waals surface area contributed by atoms with Crippen LogP contribution in [0.4, 0.5) is 17.1 Å². The third kappa shape index (κ3) is 3.77. The lowest BCUT2D eigenvalue weighted by Crippen LogP contribution is -1.96. The molecule has 0 aliphatic heterocycles. The van der Waals surface area contributed by atoms with Crippen LogP contribution in [0, 0.1) is 0 Å². The fourth-order valence-electron chi connectivity index (χ4n) is 1.59. The van der Waals surface area contributed by atoms with Gasteiger partial charge in [-0.05, 0) is 30.3 Å². The van der Waals surface area contributed by atoms with Crippen LogP contribution in [0.2, 0.25) is 0 Å². The topological polar surface area (TPSA) is 114 Å². The van der Waals surface area contributed by atoms with Crippen LogP contribution in [-0.4, -0.2) is 20.1 Å². The number of anilines is 1. The van der Waals surface area contributed by atoms with Gasteiger partial charge in [0.1, 0.15) is 11.4 Å². The predicted molar refractivity (Wildman–Crippen MR) is 77.8 cm³/mol. The molecule has 0 bridgehead atoms. The van der Waals surface area contributed by atoms with Crippen molar-refractivity contribution in [2.75, 3.05) is 12.8 Å². The van der Waals surface area contributed by atoms with E-state index in [9.17, 15) is 8.42 Å². The van der Waals surface area contributed by atoms with Gasteiger partial charge in [-0.15, -0.1) is 5.11 Å². The molecule has 0 saturated heterocycles. The first-order valence-corrected chi connectivity index (χ1v) is 7.27. The van der Waals surface area contributed by atoms with Crippen LogP contribution >= 0.6 is 0 Å². The fraction of sp³-hybridized carbons (Fsp3) is 0.0769. The number of nitrogens with two attached hydrogens (primary N) is 1. The van der Waals surface area contributed by atoms with E-state index in [1.54, 1.807) is 24.3 Å². The van der Waals surface area contributed by atoms with Crippen molar-refractivity contribution in [3.63, 3.8) is 0 Å². The molecule has 0 spiro atoms. The van der Waals surface area contributed by atoms with Crippen LogP contribution in [0.15, 0.2) is 57.6 Å². The first kappa shape index (κ1) is 14.9. The summed E-state index contributed by atoms with van der Waals surface area (Å²) in [5.74, 6) is 0.449. The molecule has 110 valence electrons. The van der Waals surface area contributed by atoms with E-state index >= 15 is 0 Å². The number of rotatable bonds is 4. The van der Waals surface area contributed by atoms with Crippen molar-refractivity contribution < 1.29 is 17.7 Å². The Balaban J connectivity index is 2.34. The van der Waals surface area contributed by atoms with Gasteiger partial charge in [0, 0.05) is 11.8 Å². The maximum absolute atomic E-state index is 11.0. The highest BCUT2D eigenvalue weighted by Crippen LogP contribution is 2.31. The van der Waals surface area contributed by atoms with Crippen LogP contribution in [0.3, 0.4) is 0 Å². The van der Waals surface area contributed by atoms with Crippen LogP contribution in [0.1, 0.15) is 0 Å². The maximum atomic E-state index is 11.0. The molecule has 0 amide bonds. The van der Waals surface area contributed by atoms with Crippen molar-refractivity contribution in [3.05, 3.63) is 42.5 Å². The Hall–Kier alpha value is -2.45. The highest BCUT2D eigenvalue weighted by atomic mass is 32.2. The number of methoxy groups -OCH3 is 1. The summed E-state index contributed by atoms with van der Waals surface area (Å²) in [5.41, 5.74) is 6.89. The van der Waals surface area contributed by atoms with E-state index in [1.165, 1.54) is 25.3 Å². The largest absolute Gasteiger partial charge is 0.494 e. The maximum Gasteiger partial charge on any atom is 0.294 e. The molecule has 0 radical (unpaired) electrons. The number of nitrogens with zero attached hydrogens (tertiary/aromatic N) is 2. The number of nitrogen functional groups attached to an aromatic ring is 1. The average molecular weight is 307 g/mol. The molecule has 3 N–H and O–H groups in total. The Bertz CT molecular complexity index is 788. The molecule has 21 heavy (non-hydrogen) atoms. The number of hydrogen-bond donors (Lipinski definition) is 2. The Kier molecular flexibility index (Phi) is 4.20. The van der Waals surface area contributed by atoms with Gasteiger partial charge in [0.25, 0.3) is 10.1 Å². The van der Waals surface area contributed by atoms with Crippen LogP contribution in [0.5, 0.6) is 5.75 Å². The van der Waals surface area contributed by atoms with E-state index in [0.29, 0.717) is 17.1 Å². The normalized spacial score (nSPS) is 11.7. The molecule has 0 saturated carbocycles.